The van der Waals surface area contributed by atoms with Crippen LogP contribution >= 0.6 is 11.9 Å². The molecule has 3 aromatic rings. The SMILES string of the molecule is COC(=O)c1cc(Oc2ccc(N=O)c(OC)c2)ccc1NSc1ccc(C)cc1. The van der Waals surface area contributed by atoms with Gasteiger partial charge in [0.05, 0.1) is 25.5 Å². The van der Waals surface area contributed by atoms with Gasteiger partial charge in [-0.05, 0) is 66.5 Å². The zero-order valence-electron chi connectivity index (χ0n) is 16.7. The van der Waals surface area contributed by atoms with E-state index in [2.05, 4.69) is 9.90 Å². The van der Waals surface area contributed by atoms with Crippen molar-refractivity contribution >= 4 is 29.3 Å². The van der Waals surface area contributed by atoms with Crippen LogP contribution < -0.4 is 14.2 Å². The maximum Gasteiger partial charge on any atom is 0.340 e. The smallest absolute Gasteiger partial charge is 0.340 e. The minimum Gasteiger partial charge on any atom is -0.494 e. The van der Waals surface area contributed by atoms with Gasteiger partial charge in [-0.2, -0.15) is 0 Å². The summed E-state index contributed by atoms with van der Waals surface area (Å²) < 4.78 is 19.0. The van der Waals surface area contributed by atoms with Crippen LogP contribution in [0.2, 0.25) is 0 Å². The van der Waals surface area contributed by atoms with Gasteiger partial charge >= 0.3 is 5.97 Å². The number of benzene rings is 3. The van der Waals surface area contributed by atoms with Gasteiger partial charge < -0.3 is 18.9 Å². The van der Waals surface area contributed by atoms with Crippen LogP contribution in [0.5, 0.6) is 17.2 Å². The van der Waals surface area contributed by atoms with E-state index in [9.17, 15) is 9.70 Å². The number of nitrogens with one attached hydrogen (secondary N) is 1. The monoisotopic (exact) mass is 424 g/mol. The second kappa shape index (κ2) is 9.80. The van der Waals surface area contributed by atoms with Crippen molar-refractivity contribution in [1.29, 1.82) is 0 Å². The summed E-state index contributed by atoms with van der Waals surface area (Å²) >= 11 is 1.39. The van der Waals surface area contributed by atoms with Crippen LogP contribution in [0, 0.1) is 11.8 Å². The topological polar surface area (TPSA) is 86.2 Å². The van der Waals surface area contributed by atoms with Gasteiger partial charge in [-0.1, -0.05) is 17.7 Å². The number of nitroso groups, excluding NO2 is 1. The molecule has 0 heterocycles. The molecule has 0 bridgehead atoms. The molecule has 0 aromatic heterocycles. The van der Waals surface area contributed by atoms with Crippen molar-refractivity contribution in [2.24, 2.45) is 5.18 Å². The first-order valence-electron chi connectivity index (χ1n) is 8.95. The maximum absolute atomic E-state index is 12.3. The van der Waals surface area contributed by atoms with E-state index < -0.39 is 5.97 Å². The molecule has 0 saturated carbocycles. The van der Waals surface area contributed by atoms with Crippen molar-refractivity contribution in [1.82, 2.24) is 0 Å². The van der Waals surface area contributed by atoms with Crippen molar-refractivity contribution in [2.75, 3.05) is 18.9 Å². The molecule has 1 N–H and O–H groups in total. The molecule has 0 radical (unpaired) electrons. The molecule has 0 unspecified atom stereocenters. The maximum atomic E-state index is 12.3. The molecule has 8 heteroatoms. The molecular formula is C22H20N2O5S. The predicted molar refractivity (Wildman–Crippen MR) is 117 cm³/mol. The number of carbonyl (C=O) groups excluding carboxylic acids is 1. The van der Waals surface area contributed by atoms with E-state index in [1.54, 1.807) is 30.3 Å². The largest absolute Gasteiger partial charge is 0.494 e. The van der Waals surface area contributed by atoms with E-state index in [4.69, 9.17) is 14.2 Å². The predicted octanol–water partition coefficient (Wildman–Crippen LogP) is 6.10. The quantitative estimate of drug-likeness (QED) is 0.266. The van der Waals surface area contributed by atoms with Gasteiger partial charge in [-0.15, -0.1) is 4.91 Å². The number of aryl methyl sites for hydroxylation is 1. The van der Waals surface area contributed by atoms with Crippen molar-refractivity contribution in [3.05, 3.63) is 76.7 Å². The summed E-state index contributed by atoms with van der Waals surface area (Å²) in [4.78, 5) is 24.1. The minimum absolute atomic E-state index is 0.174. The number of anilines is 1. The molecular weight excluding hydrogens is 404 g/mol. The van der Waals surface area contributed by atoms with E-state index in [1.807, 2.05) is 31.2 Å². The first kappa shape index (κ1) is 21.2. The average molecular weight is 424 g/mol. The Hall–Kier alpha value is -3.52. The Morgan fingerprint density at radius 3 is 2.33 bits per heavy atom. The molecule has 30 heavy (non-hydrogen) atoms. The third-order valence-electron chi connectivity index (χ3n) is 4.18. The highest BCUT2D eigenvalue weighted by Crippen LogP contribution is 2.35. The molecule has 0 aliphatic heterocycles. The number of hydrogen-bond acceptors (Lipinski definition) is 8. The number of hydrogen-bond donors (Lipinski definition) is 1. The van der Waals surface area contributed by atoms with Crippen LogP contribution in [0.25, 0.3) is 0 Å². The number of ether oxygens (including phenoxy) is 3. The fraction of sp³-hybridized carbons (Fsp3) is 0.136. The highest BCUT2D eigenvalue weighted by molar-refractivity contribution is 8.00. The molecule has 0 amide bonds. The van der Waals surface area contributed by atoms with Crippen molar-refractivity contribution < 1.29 is 19.0 Å². The Bertz CT molecular complexity index is 1050. The lowest BCUT2D eigenvalue weighted by Crippen LogP contribution is -2.05. The lowest BCUT2D eigenvalue weighted by Gasteiger charge is -2.13. The van der Waals surface area contributed by atoms with Crippen LogP contribution in [-0.4, -0.2) is 20.2 Å². The molecule has 154 valence electrons. The summed E-state index contributed by atoms with van der Waals surface area (Å²) in [6, 6.07) is 17.7. The third-order valence-corrected chi connectivity index (χ3v) is 5.01. The van der Waals surface area contributed by atoms with Crippen molar-refractivity contribution in [3.63, 3.8) is 0 Å². The van der Waals surface area contributed by atoms with Gasteiger partial charge in [-0.25, -0.2) is 4.79 Å². The summed E-state index contributed by atoms with van der Waals surface area (Å²) in [5.74, 6) is 0.661. The molecule has 3 rings (SSSR count). The molecule has 0 atom stereocenters. The summed E-state index contributed by atoms with van der Waals surface area (Å²) in [7, 11) is 2.76. The first-order chi connectivity index (χ1) is 14.5. The number of rotatable bonds is 8. The van der Waals surface area contributed by atoms with Crippen molar-refractivity contribution in [3.8, 4) is 17.2 Å². The Morgan fingerprint density at radius 2 is 1.67 bits per heavy atom. The summed E-state index contributed by atoms with van der Waals surface area (Å²) in [6.07, 6.45) is 0. The van der Waals surface area contributed by atoms with Crippen LogP contribution in [0.15, 0.2) is 70.7 Å². The number of esters is 1. The molecule has 0 fully saturated rings. The van der Waals surface area contributed by atoms with Crippen LogP contribution in [0.1, 0.15) is 15.9 Å². The second-order valence-corrected chi connectivity index (χ2v) is 7.12. The Kier molecular flexibility index (Phi) is 6.92. The zero-order chi connectivity index (χ0) is 21.5. The van der Waals surface area contributed by atoms with E-state index in [0.717, 1.165) is 4.90 Å². The highest BCUT2D eigenvalue weighted by atomic mass is 32.2. The minimum atomic E-state index is -0.495. The van der Waals surface area contributed by atoms with Crippen LogP contribution in [0.4, 0.5) is 11.4 Å². The van der Waals surface area contributed by atoms with E-state index in [0.29, 0.717) is 28.5 Å². The first-order valence-corrected chi connectivity index (χ1v) is 9.77. The van der Waals surface area contributed by atoms with E-state index >= 15 is 0 Å². The van der Waals surface area contributed by atoms with Gasteiger partial charge in [0.2, 0.25) is 0 Å². The van der Waals surface area contributed by atoms with Crippen molar-refractivity contribution in [2.45, 2.75) is 11.8 Å². The molecule has 0 saturated heterocycles. The highest BCUT2D eigenvalue weighted by Gasteiger charge is 2.15. The molecule has 7 nitrogen and oxygen atoms in total. The lowest BCUT2D eigenvalue weighted by molar-refractivity contribution is 0.0601. The second-order valence-electron chi connectivity index (χ2n) is 6.24. The number of carbonyl (C=O) groups is 1. The Balaban J connectivity index is 1.82. The fourth-order valence-electron chi connectivity index (χ4n) is 2.61. The molecule has 3 aromatic carbocycles. The third kappa shape index (κ3) is 5.09. The molecule has 0 spiro atoms. The lowest BCUT2D eigenvalue weighted by atomic mass is 10.1. The normalized spacial score (nSPS) is 10.2. The van der Waals surface area contributed by atoms with E-state index in [1.165, 1.54) is 37.8 Å². The summed E-state index contributed by atoms with van der Waals surface area (Å²) in [6.45, 7) is 2.02. The van der Waals surface area contributed by atoms with Gasteiger partial charge in [0.25, 0.3) is 0 Å². The molecule has 0 aliphatic carbocycles. The standard InChI is InChI=1S/C22H20N2O5S/c1-14-4-8-17(9-5-14)30-24-19-10-6-15(12-18(19)22(25)28-3)29-16-7-11-20(23-26)21(13-16)27-2/h4-13,24H,1-3H3. The summed E-state index contributed by atoms with van der Waals surface area (Å²) in [5.41, 5.74) is 2.27. The number of methoxy groups -OCH3 is 2. The fourth-order valence-corrected chi connectivity index (χ4v) is 3.29. The molecule has 0 aliphatic rings. The van der Waals surface area contributed by atoms with Gasteiger partial charge in [0.1, 0.15) is 17.2 Å². The van der Waals surface area contributed by atoms with Crippen LogP contribution in [-0.2, 0) is 4.74 Å². The van der Waals surface area contributed by atoms with Gasteiger partial charge in [0, 0.05) is 11.0 Å². The Morgan fingerprint density at radius 1 is 0.967 bits per heavy atom. The average Bonchev–Trinajstić information content (AvgIpc) is 2.78. The van der Waals surface area contributed by atoms with E-state index in [-0.39, 0.29) is 5.69 Å². The van der Waals surface area contributed by atoms with Gasteiger partial charge in [-0.3, -0.25) is 0 Å². The van der Waals surface area contributed by atoms with Gasteiger partial charge in [0.15, 0.2) is 5.75 Å². The summed E-state index contributed by atoms with van der Waals surface area (Å²) in [5, 5.41) is 2.90. The Labute approximate surface area is 178 Å². The number of nitrogens with zero attached hydrogens (tertiary/aromatic N) is 1. The zero-order valence-corrected chi connectivity index (χ0v) is 17.5. The van der Waals surface area contributed by atoms with Crippen LogP contribution in [0.3, 0.4) is 0 Å².